The smallest absolute Gasteiger partial charge is 0.192 e. The number of ether oxygens (including phenoxy) is 1. The van der Waals surface area contributed by atoms with Gasteiger partial charge in [-0.1, -0.05) is 18.2 Å². The highest BCUT2D eigenvalue weighted by Gasteiger charge is 2.43. The molecule has 1 spiro atoms. The summed E-state index contributed by atoms with van der Waals surface area (Å²) in [7, 11) is 1.98. The molecular formula is C23H35IN6OS. The molecule has 32 heavy (non-hydrogen) atoms. The average molecular weight is 571 g/mol. The van der Waals surface area contributed by atoms with Gasteiger partial charge < -0.3 is 19.9 Å². The van der Waals surface area contributed by atoms with E-state index in [1.807, 2.05) is 30.3 Å². The minimum atomic E-state index is -0.0450. The van der Waals surface area contributed by atoms with E-state index in [2.05, 4.69) is 51.4 Å². The van der Waals surface area contributed by atoms with E-state index in [1.54, 1.807) is 0 Å². The number of guanidine groups is 1. The lowest BCUT2D eigenvalue weighted by molar-refractivity contribution is 0.0396. The second kappa shape index (κ2) is 11.6. The monoisotopic (exact) mass is 570 g/mol. The summed E-state index contributed by atoms with van der Waals surface area (Å²) in [6.45, 7) is 3.34. The lowest BCUT2D eigenvalue weighted by Crippen LogP contribution is -2.47. The van der Waals surface area contributed by atoms with Crippen molar-refractivity contribution in [3.05, 3.63) is 41.5 Å². The first-order valence-corrected chi connectivity index (χ1v) is 12.7. The third kappa shape index (κ3) is 5.89. The number of nitrogens with zero attached hydrogens (tertiary/aromatic N) is 4. The first kappa shape index (κ1) is 25.1. The Bertz CT molecular complexity index is 912. The van der Waals surface area contributed by atoms with Crippen molar-refractivity contribution >= 4 is 41.7 Å². The summed E-state index contributed by atoms with van der Waals surface area (Å²) < 4.78 is 8.52. The summed E-state index contributed by atoms with van der Waals surface area (Å²) in [6, 6.07) is 8.61. The number of para-hydroxylation sites is 1. The van der Waals surface area contributed by atoms with Crippen LogP contribution in [0.4, 0.5) is 0 Å². The van der Waals surface area contributed by atoms with Crippen molar-refractivity contribution in [3.8, 4) is 5.75 Å². The second-order valence-corrected chi connectivity index (χ2v) is 9.58. The Morgan fingerprint density at radius 3 is 2.78 bits per heavy atom. The van der Waals surface area contributed by atoms with Crippen LogP contribution in [-0.2, 0) is 13.6 Å². The molecule has 1 aliphatic heterocycles. The van der Waals surface area contributed by atoms with Gasteiger partial charge in [-0.05, 0) is 57.1 Å². The zero-order chi connectivity index (χ0) is 21.7. The standard InChI is InChI=1S/C23H34N6OS.HI/c1-17-27-28-21(29(17)2)16-25-22(24-13-8-14-31-3)26-19-15-23(11-6-7-12-23)30-20-10-5-4-9-18(19)20;/h4-5,9-10,19H,6-8,11-16H2,1-3H3,(H2,24,25,26);1H. The molecule has 2 heterocycles. The van der Waals surface area contributed by atoms with Crippen LogP contribution in [-0.4, -0.2) is 44.9 Å². The lowest BCUT2D eigenvalue weighted by Gasteiger charge is -2.40. The quantitative estimate of drug-likeness (QED) is 0.223. The number of halogens is 1. The van der Waals surface area contributed by atoms with Crippen LogP contribution in [0.1, 0.15) is 61.8 Å². The van der Waals surface area contributed by atoms with E-state index in [4.69, 9.17) is 9.73 Å². The van der Waals surface area contributed by atoms with E-state index in [9.17, 15) is 0 Å². The summed E-state index contributed by atoms with van der Waals surface area (Å²) in [5.41, 5.74) is 1.17. The molecule has 1 atom stereocenters. The number of nitrogens with one attached hydrogen (secondary N) is 2. The molecule has 7 nitrogen and oxygen atoms in total. The van der Waals surface area contributed by atoms with E-state index < -0.39 is 0 Å². The normalized spacial score (nSPS) is 19.2. The van der Waals surface area contributed by atoms with Gasteiger partial charge in [0.2, 0.25) is 0 Å². The SMILES string of the molecule is CSCCCNC(=NCc1nnc(C)n1C)NC1CC2(CCCC2)Oc2ccccc21.I. The molecule has 0 radical (unpaired) electrons. The number of hydrogen-bond acceptors (Lipinski definition) is 5. The molecule has 2 N–H and O–H groups in total. The second-order valence-electron chi connectivity index (χ2n) is 8.59. The van der Waals surface area contributed by atoms with Crippen molar-refractivity contribution in [2.24, 2.45) is 12.0 Å². The number of aromatic nitrogens is 3. The first-order chi connectivity index (χ1) is 15.1. The lowest BCUT2D eigenvalue weighted by atomic mass is 9.86. The van der Waals surface area contributed by atoms with Crippen LogP contribution in [0.25, 0.3) is 0 Å². The molecule has 0 bridgehead atoms. The van der Waals surface area contributed by atoms with E-state index in [0.29, 0.717) is 6.54 Å². The molecule has 4 rings (SSSR count). The van der Waals surface area contributed by atoms with Crippen molar-refractivity contribution in [3.63, 3.8) is 0 Å². The summed E-state index contributed by atoms with van der Waals surface area (Å²) in [4.78, 5) is 4.87. The number of aliphatic imine (C=N–C) groups is 1. The fraction of sp³-hybridized carbons (Fsp3) is 0.609. The summed E-state index contributed by atoms with van der Waals surface area (Å²) >= 11 is 1.87. The van der Waals surface area contributed by atoms with Crippen molar-refractivity contribution in [2.45, 2.75) is 63.6 Å². The minimum absolute atomic E-state index is 0. The van der Waals surface area contributed by atoms with Crippen LogP contribution >= 0.6 is 35.7 Å². The maximum atomic E-state index is 6.53. The molecule has 1 fully saturated rings. The number of thioether (sulfide) groups is 1. The molecule has 1 unspecified atom stereocenters. The molecular weight excluding hydrogens is 535 g/mol. The molecule has 2 aromatic rings. The number of fused-ring (bicyclic) bond motifs is 1. The Labute approximate surface area is 212 Å². The highest BCUT2D eigenvalue weighted by molar-refractivity contribution is 14.0. The van der Waals surface area contributed by atoms with E-state index >= 15 is 0 Å². The van der Waals surface area contributed by atoms with Crippen LogP contribution in [0.2, 0.25) is 0 Å². The first-order valence-electron chi connectivity index (χ1n) is 11.3. The van der Waals surface area contributed by atoms with E-state index in [1.165, 1.54) is 18.4 Å². The minimum Gasteiger partial charge on any atom is -0.487 e. The Morgan fingerprint density at radius 2 is 2.06 bits per heavy atom. The van der Waals surface area contributed by atoms with Gasteiger partial charge in [-0.2, -0.15) is 11.8 Å². The highest BCUT2D eigenvalue weighted by atomic mass is 127. The predicted octanol–water partition coefficient (Wildman–Crippen LogP) is 4.37. The number of rotatable bonds is 7. The van der Waals surface area contributed by atoms with Gasteiger partial charge in [-0.15, -0.1) is 34.2 Å². The molecule has 176 valence electrons. The molecule has 1 aromatic carbocycles. The number of aryl methyl sites for hydroxylation is 1. The van der Waals surface area contributed by atoms with Crippen LogP contribution in [0.3, 0.4) is 0 Å². The molecule has 2 aliphatic rings. The summed E-state index contributed by atoms with van der Waals surface area (Å²) in [5.74, 6) is 4.73. The molecule has 1 saturated carbocycles. The van der Waals surface area contributed by atoms with Crippen molar-refractivity contribution in [1.82, 2.24) is 25.4 Å². The summed E-state index contributed by atoms with van der Waals surface area (Å²) in [5, 5.41) is 15.7. The van der Waals surface area contributed by atoms with Crippen molar-refractivity contribution < 1.29 is 4.74 Å². The predicted molar refractivity (Wildman–Crippen MR) is 142 cm³/mol. The van der Waals surface area contributed by atoms with Gasteiger partial charge in [0.15, 0.2) is 11.8 Å². The average Bonchev–Trinajstić information content (AvgIpc) is 3.35. The summed E-state index contributed by atoms with van der Waals surface area (Å²) in [6.07, 6.45) is 8.96. The van der Waals surface area contributed by atoms with E-state index in [0.717, 1.165) is 61.3 Å². The Morgan fingerprint density at radius 1 is 1.28 bits per heavy atom. The zero-order valence-corrected chi connectivity index (χ0v) is 22.4. The maximum Gasteiger partial charge on any atom is 0.192 e. The largest absolute Gasteiger partial charge is 0.487 e. The maximum absolute atomic E-state index is 6.53. The Balaban J connectivity index is 0.00000289. The van der Waals surface area contributed by atoms with Gasteiger partial charge in [0.1, 0.15) is 23.7 Å². The number of hydrogen-bond donors (Lipinski definition) is 2. The molecule has 1 aromatic heterocycles. The third-order valence-electron chi connectivity index (χ3n) is 6.40. The fourth-order valence-corrected chi connectivity index (χ4v) is 4.98. The van der Waals surface area contributed by atoms with Gasteiger partial charge in [0.05, 0.1) is 6.04 Å². The van der Waals surface area contributed by atoms with Gasteiger partial charge >= 0.3 is 0 Å². The van der Waals surface area contributed by atoms with Crippen LogP contribution < -0.4 is 15.4 Å². The third-order valence-corrected chi connectivity index (χ3v) is 7.10. The van der Waals surface area contributed by atoms with E-state index in [-0.39, 0.29) is 35.6 Å². The topological polar surface area (TPSA) is 76.4 Å². The molecule has 0 saturated heterocycles. The fourth-order valence-electron chi connectivity index (χ4n) is 4.55. The van der Waals surface area contributed by atoms with Gasteiger partial charge in [0, 0.05) is 25.6 Å². The Kier molecular flexibility index (Phi) is 9.10. The number of benzene rings is 1. The van der Waals surface area contributed by atoms with Crippen molar-refractivity contribution in [1.29, 1.82) is 0 Å². The molecule has 0 amide bonds. The highest BCUT2D eigenvalue weighted by Crippen LogP contribution is 2.46. The van der Waals surface area contributed by atoms with Gasteiger partial charge in [-0.25, -0.2) is 4.99 Å². The molecule has 1 aliphatic carbocycles. The zero-order valence-electron chi connectivity index (χ0n) is 19.3. The van der Waals surface area contributed by atoms with Crippen molar-refractivity contribution in [2.75, 3.05) is 18.6 Å². The van der Waals surface area contributed by atoms with Crippen LogP contribution in [0.5, 0.6) is 5.75 Å². The molecule has 9 heteroatoms. The van der Waals surface area contributed by atoms with Crippen LogP contribution in [0, 0.1) is 6.92 Å². The van der Waals surface area contributed by atoms with Gasteiger partial charge in [0.25, 0.3) is 0 Å². The van der Waals surface area contributed by atoms with Gasteiger partial charge in [-0.3, -0.25) is 0 Å². The Hall–Kier alpha value is -1.49. The van der Waals surface area contributed by atoms with Crippen LogP contribution in [0.15, 0.2) is 29.3 Å².